The molecule has 1 aliphatic carbocycles. The Balaban J connectivity index is 2.19. The van der Waals surface area contributed by atoms with Crippen LogP contribution in [-0.2, 0) is 0 Å². The lowest BCUT2D eigenvalue weighted by atomic mass is 9.84. The molecule has 0 bridgehead atoms. The number of rotatable bonds is 7. The number of nitrogens with one attached hydrogen (secondary N) is 1. The molecule has 1 heteroatoms. The van der Waals surface area contributed by atoms with E-state index in [4.69, 9.17) is 0 Å². The number of hydrogen-bond donors (Lipinski definition) is 1. The average molecular weight is 223 g/mol. The molecule has 0 amide bonds. The molecule has 1 nitrogen and oxygen atoms in total. The van der Waals surface area contributed by atoms with Crippen LogP contribution in [0.4, 0.5) is 0 Å². The normalized spacial score (nSPS) is 19.6. The molecular formula is C15H29N. The van der Waals surface area contributed by atoms with Crippen molar-refractivity contribution in [3.63, 3.8) is 0 Å². The maximum Gasteiger partial charge on any atom is 0.0101 e. The predicted octanol–water partition coefficient (Wildman–Crippen LogP) is 4.29. The first-order chi connectivity index (χ1) is 7.76. The smallest absolute Gasteiger partial charge is 0.0101 e. The van der Waals surface area contributed by atoms with E-state index < -0.39 is 0 Å². The van der Waals surface area contributed by atoms with Gasteiger partial charge < -0.3 is 5.32 Å². The van der Waals surface area contributed by atoms with Crippen LogP contribution in [0.15, 0.2) is 12.2 Å². The molecule has 1 unspecified atom stereocenters. The largest absolute Gasteiger partial charge is 0.317 e. The van der Waals surface area contributed by atoms with E-state index in [0.29, 0.717) is 6.04 Å². The highest BCUT2D eigenvalue weighted by atomic mass is 14.9. The molecule has 0 spiro atoms. The van der Waals surface area contributed by atoms with Crippen molar-refractivity contribution in [1.29, 1.82) is 0 Å². The van der Waals surface area contributed by atoms with Gasteiger partial charge in [0.15, 0.2) is 0 Å². The second-order valence-electron chi connectivity index (χ2n) is 5.37. The van der Waals surface area contributed by atoms with Gasteiger partial charge in [-0.05, 0) is 38.6 Å². The van der Waals surface area contributed by atoms with E-state index in [2.05, 4.69) is 25.9 Å². The van der Waals surface area contributed by atoms with Gasteiger partial charge in [0, 0.05) is 6.04 Å². The molecule has 0 saturated heterocycles. The van der Waals surface area contributed by atoms with Gasteiger partial charge in [-0.15, -0.1) is 0 Å². The highest BCUT2D eigenvalue weighted by Gasteiger charge is 2.15. The highest BCUT2D eigenvalue weighted by molar-refractivity contribution is 4.96. The van der Waals surface area contributed by atoms with Crippen LogP contribution in [-0.4, -0.2) is 13.1 Å². The molecule has 16 heavy (non-hydrogen) atoms. The van der Waals surface area contributed by atoms with Crippen molar-refractivity contribution in [2.75, 3.05) is 7.05 Å². The molecule has 1 rings (SSSR count). The van der Waals surface area contributed by atoms with Crippen molar-refractivity contribution in [2.24, 2.45) is 5.92 Å². The first-order valence-corrected chi connectivity index (χ1v) is 7.10. The third kappa shape index (κ3) is 5.16. The summed E-state index contributed by atoms with van der Waals surface area (Å²) in [7, 11) is 2.09. The molecule has 0 radical (unpaired) electrons. The van der Waals surface area contributed by atoms with Gasteiger partial charge in [0.2, 0.25) is 0 Å². The van der Waals surface area contributed by atoms with Crippen LogP contribution in [0.5, 0.6) is 0 Å². The summed E-state index contributed by atoms with van der Waals surface area (Å²) >= 11 is 0. The number of hydrogen-bond acceptors (Lipinski definition) is 1. The van der Waals surface area contributed by atoms with E-state index in [0.717, 1.165) is 12.3 Å². The molecule has 1 N–H and O–H groups in total. The Kier molecular flexibility index (Phi) is 6.79. The van der Waals surface area contributed by atoms with Gasteiger partial charge in [-0.1, -0.05) is 51.2 Å². The van der Waals surface area contributed by atoms with Gasteiger partial charge in [0.25, 0.3) is 0 Å². The first-order valence-electron chi connectivity index (χ1n) is 7.10. The van der Waals surface area contributed by atoms with Crippen molar-refractivity contribution in [3.8, 4) is 0 Å². The molecular weight excluding hydrogens is 194 g/mol. The summed E-state index contributed by atoms with van der Waals surface area (Å²) in [5, 5.41) is 3.45. The van der Waals surface area contributed by atoms with Gasteiger partial charge >= 0.3 is 0 Å². The first kappa shape index (κ1) is 13.8. The maximum absolute atomic E-state index is 4.12. The summed E-state index contributed by atoms with van der Waals surface area (Å²) in [6, 6.07) is 0.661. The van der Waals surface area contributed by atoms with Crippen molar-refractivity contribution in [1.82, 2.24) is 5.32 Å². The van der Waals surface area contributed by atoms with Gasteiger partial charge in [-0.3, -0.25) is 0 Å². The van der Waals surface area contributed by atoms with Gasteiger partial charge in [-0.25, -0.2) is 0 Å². The van der Waals surface area contributed by atoms with Crippen LogP contribution < -0.4 is 5.32 Å². The molecule has 1 saturated carbocycles. The topological polar surface area (TPSA) is 12.0 Å². The SMILES string of the molecule is C=C(CC)CC(CCC1CCCCC1)NC. The minimum atomic E-state index is 0.661. The van der Waals surface area contributed by atoms with Crippen molar-refractivity contribution < 1.29 is 0 Å². The van der Waals surface area contributed by atoms with E-state index in [9.17, 15) is 0 Å². The van der Waals surface area contributed by atoms with Crippen LogP contribution in [0, 0.1) is 5.92 Å². The highest BCUT2D eigenvalue weighted by Crippen LogP contribution is 2.28. The molecule has 1 fully saturated rings. The monoisotopic (exact) mass is 223 g/mol. The Hall–Kier alpha value is -0.300. The Morgan fingerprint density at radius 3 is 2.56 bits per heavy atom. The summed E-state index contributed by atoms with van der Waals surface area (Å²) in [5.41, 5.74) is 1.39. The van der Waals surface area contributed by atoms with Gasteiger partial charge in [-0.2, -0.15) is 0 Å². The van der Waals surface area contributed by atoms with Crippen LogP contribution >= 0.6 is 0 Å². The zero-order valence-electron chi connectivity index (χ0n) is 11.2. The fourth-order valence-electron chi connectivity index (χ4n) is 2.75. The van der Waals surface area contributed by atoms with Gasteiger partial charge in [0.05, 0.1) is 0 Å². The lowest BCUT2D eigenvalue weighted by Crippen LogP contribution is -2.26. The third-order valence-electron chi connectivity index (χ3n) is 4.09. The van der Waals surface area contributed by atoms with E-state index in [1.54, 1.807) is 0 Å². The maximum atomic E-state index is 4.12. The second-order valence-corrected chi connectivity index (χ2v) is 5.37. The summed E-state index contributed by atoms with van der Waals surface area (Å²) < 4.78 is 0. The van der Waals surface area contributed by atoms with Crippen molar-refractivity contribution in [2.45, 2.75) is 70.8 Å². The quantitative estimate of drug-likeness (QED) is 0.635. The predicted molar refractivity (Wildman–Crippen MR) is 72.7 cm³/mol. The molecule has 0 aromatic heterocycles. The molecule has 0 heterocycles. The zero-order valence-corrected chi connectivity index (χ0v) is 11.2. The van der Waals surface area contributed by atoms with Crippen molar-refractivity contribution in [3.05, 3.63) is 12.2 Å². The van der Waals surface area contributed by atoms with E-state index >= 15 is 0 Å². The summed E-state index contributed by atoms with van der Waals surface area (Å²) in [6.45, 7) is 6.32. The molecule has 1 aliphatic rings. The fourth-order valence-corrected chi connectivity index (χ4v) is 2.75. The zero-order chi connectivity index (χ0) is 11.8. The lowest BCUT2D eigenvalue weighted by molar-refractivity contribution is 0.315. The molecule has 1 atom stereocenters. The van der Waals surface area contributed by atoms with E-state index in [1.807, 2.05) is 0 Å². The Morgan fingerprint density at radius 1 is 1.31 bits per heavy atom. The Labute approximate surface area is 102 Å². The standard InChI is InChI=1S/C15H29N/c1-4-13(2)12-15(16-3)11-10-14-8-6-5-7-9-14/h14-16H,2,4-12H2,1,3H3. The molecule has 94 valence electrons. The van der Waals surface area contributed by atoms with Crippen LogP contribution in [0.2, 0.25) is 0 Å². The summed E-state index contributed by atoms with van der Waals surface area (Å²) in [5.74, 6) is 1.01. The summed E-state index contributed by atoms with van der Waals surface area (Å²) in [6.07, 6.45) is 12.4. The Morgan fingerprint density at radius 2 is 2.00 bits per heavy atom. The minimum absolute atomic E-state index is 0.661. The van der Waals surface area contributed by atoms with E-state index in [1.165, 1.54) is 56.9 Å². The lowest BCUT2D eigenvalue weighted by Gasteiger charge is -2.24. The van der Waals surface area contributed by atoms with Crippen molar-refractivity contribution >= 4 is 0 Å². The van der Waals surface area contributed by atoms with Crippen LogP contribution in [0.3, 0.4) is 0 Å². The third-order valence-corrected chi connectivity index (χ3v) is 4.09. The fraction of sp³-hybridized carbons (Fsp3) is 0.867. The summed E-state index contributed by atoms with van der Waals surface area (Å²) in [4.78, 5) is 0. The van der Waals surface area contributed by atoms with E-state index in [-0.39, 0.29) is 0 Å². The molecule has 0 aromatic rings. The minimum Gasteiger partial charge on any atom is -0.317 e. The second kappa shape index (κ2) is 7.89. The molecule has 0 aromatic carbocycles. The van der Waals surface area contributed by atoms with Gasteiger partial charge in [0.1, 0.15) is 0 Å². The Bertz CT molecular complexity index is 192. The molecule has 0 aliphatic heterocycles. The van der Waals surface area contributed by atoms with Crippen LogP contribution in [0.25, 0.3) is 0 Å². The average Bonchev–Trinajstić information content (AvgIpc) is 2.35. The van der Waals surface area contributed by atoms with Crippen LogP contribution in [0.1, 0.15) is 64.7 Å².